The molecule has 0 rings (SSSR count). The molecule has 0 unspecified atom stereocenters. The predicted octanol–water partition coefficient (Wildman–Crippen LogP) is -3.34. The average Bonchev–Trinajstić information content (AvgIpc) is 1.61. The van der Waals surface area contributed by atoms with E-state index in [9.17, 15) is 19.8 Å². The topological polar surface area (TPSA) is 80.3 Å². The van der Waals surface area contributed by atoms with Gasteiger partial charge in [0.15, 0.2) is 0 Å². The smallest absolute Gasteiger partial charge is 0.0643 e. The Bertz CT molecular complexity index is 124. The monoisotopic (exact) mass is 322 g/mol. The van der Waals surface area contributed by atoms with Crippen LogP contribution in [0.3, 0.4) is 0 Å². The van der Waals surface area contributed by atoms with Crippen LogP contribution in [0.15, 0.2) is 12.2 Å². The molecule has 0 aliphatic heterocycles. The third-order valence-electron chi connectivity index (χ3n) is 0.355. The molecule has 0 bridgehead atoms. The summed E-state index contributed by atoms with van der Waals surface area (Å²) in [6, 6.07) is 0. The number of carbonyl (C=O) groups excluding carboxylic acids is 2. The van der Waals surface area contributed by atoms with E-state index in [4.69, 9.17) is 0 Å². The summed E-state index contributed by atoms with van der Waals surface area (Å²) in [4.78, 5) is 18.8. The van der Waals surface area contributed by atoms with Crippen LogP contribution in [0, 0.1) is 0 Å². The molecule has 9 heavy (non-hydrogen) atoms. The fourth-order valence-electron chi connectivity index (χ4n) is 0.136. The molecule has 0 N–H and O–H groups in total. The molecule has 4 nitrogen and oxygen atoms in total. The summed E-state index contributed by atoms with van der Waals surface area (Å²) in [6.07, 6.45) is 0.769. The number of carboxylic acids is 2. The Hall–Kier alpha value is -0.398. The molecule has 0 saturated carbocycles. The molecular weight excluding hydrogens is 319 g/mol. The van der Waals surface area contributed by atoms with Crippen LogP contribution >= 0.6 is 0 Å². The van der Waals surface area contributed by atoms with E-state index in [2.05, 4.69) is 0 Å². The molecule has 0 aromatic carbocycles. The van der Waals surface area contributed by atoms with E-state index in [1.165, 1.54) is 0 Å². The van der Waals surface area contributed by atoms with Crippen molar-refractivity contribution in [3.05, 3.63) is 12.2 Å². The first kappa shape index (κ1) is 11.4. The van der Waals surface area contributed by atoms with Gasteiger partial charge in [0.25, 0.3) is 0 Å². The largest absolute Gasteiger partial charge is 0.545 e. The van der Waals surface area contributed by atoms with Crippen LogP contribution in [0.4, 0.5) is 0 Å². The van der Waals surface area contributed by atoms with Crippen molar-refractivity contribution in [1.29, 1.82) is 0 Å². The molecule has 0 spiro atoms. The standard InChI is InChI=1S/C4H4O4.Pb/c5-3(6)1-2-4(7)8;/h1-2H,(H,5,6)(H,7,8);/p-2/b2-1-;. The predicted molar refractivity (Wildman–Crippen MR) is 24.9 cm³/mol. The maximum absolute atomic E-state index is 9.41. The first-order valence-corrected chi connectivity index (χ1v) is 1.73. The summed E-state index contributed by atoms with van der Waals surface area (Å²) in [5.74, 6) is -3.09. The van der Waals surface area contributed by atoms with Crippen molar-refractivity contribution in [2.45, 2.75) is 0 Å². The number of hydrogen-bond acceptors (Lipinski definition) is 4. The zero-order chi connectivity index (χ0) is 6.57. The molecule has 0 aromatic heterocycles. The van der Waals surface area contributed by atoms with Gasteiger partial charge in [0, 0.05) is 27.3 Å². The van der Waals surface area contributed by atoms with Crippen molar-refractivity contribution in [1.82, 2.24) is 0 Å². The summed E-state index contributed by atoms with van der Waals surface area (Å²) in [6.45, 7) is 0. The van der Waals surface area contributed by atoms with E-state index in [0.717, 1.165) is 0 Å². The molecular formula is C4H2O4Pb-2. The first-order chi connectivity index (χ1) is 3.63. The van der Waals surface area contributed by atoms with E-state index >= 15 is 0 Å². The van der Waals surface area contributed by atoms with Crippen LogP contribution in [-0.4, -0.2) is 39.2 Å². The normalized spacial score (nSPS) is 8.44. The van der Waals surface area contributed by atoms with Gasteiger partial charge in [0.1, 0.15) is 0 Å². The summed E-state index contributed by atoms with van der Waals surface area (Å²) < 4.78 is 0. The van der Waals surface area contributed by atoms with Crippen LogP contribution in [0.25, 0.3) is 0 Å². The van der Waals surface area contributed by atoms with E-state index in [0.29, 0.717) is 12.2 Å². The van der Waals surface area contributed by atoms with Gasteiger partial charge in [-0.1, -0.05) is 0 Å². The number of carbonyl (C=O) groups is 2. The fourth-order valence-corrected chi connectivity index (χ4v) is 0.136. The Kier molecular flexibility index (Phi) is 7.27. The minimum Gasteiger partial charge on any atom is -0.545 e. The summed E-state index contributed by atoms with van der Waals surface area (Å²) in [5.41, 5.74) is 0. The molecule has 0 saturated heterocycles. The SMILES string of the molecule is O=C([O-])/C=C\C(=O)[O-].[Pb]. The zero-order valence-electron chi connectivity index (χ0n) is 4.29. The van der Waals surface area contributed by atoms with Crippen molar-refractivity contribution in [3.63, 3.8) is 0 Å². The van der Waals surface area contributed by atoms with Crippen molar-refractivity contribution in [2.75, 3.05) is 0 Å². The second-order valence-corrected chi connectivity index (χ2v) is 0.971. The van der Waals surface area contributed by atoms with Crippen molar-refractivity contribution < 1.29 is 19.8 Å². The second kappa shape index (κ2) is 5.73. The van der Waals surface area contributed by atoms with Gasteiger partial charge in [0.05, 0.1) is 11.9 Å². The third-order valence-corrected chi connectivity index (χ3v) is 0.355. The number of hydrogen-bond donors (Lipinski definition) is 0. The van der Waals surface area contributed by atoms with E-state index < -0.39 is 11.9 Å². The minimum atomic E-state index is -1.55. The molecule has 0 heterocycles. The zero-order valence-corrected chi connectivity index (χ0v) is 8.18. The van der Waals surface area contributed by atoms with E-state index in [-0.39, 0.29) is 27.3 Å². The van der Waals surface area contributed by atoms with Gasteiger partial charge in [-0.05, 0) is 12.2 Å². The van der Waals surface area contributed by atoms with Crippen LogP contribution < -0.4 is 10.2 Å². The number of aliphatic carboxylic acids is 2. The second-order valence-electron chi connectivity index (χ2n) is 0.971. The average molecular weight is 321 g/mol. The Balaban J connectivity index is 0. The molecule has 0 atom stereocenters. The van der Waals surface area contributed by atoms with Gasteiger partial charge in [-0.2, -0.15) is 0 Å². The van der Waals surface area contributed by atoms with E-state index in [1.807, 2.05) is 0 Å². The van der Waals surface area contributed by atoms with Crippen LogP contribution in [0.2, 0.25) is 0 Å². The third kappa shape index (κ3) is 11.3. The fraction of sp³-hybridized carbons (Fsp3) is 0. The Morgan fingerprint density at radius 3 is 1.33 bits per heavy atom. The Morgan fingerprint density at radius 2 is 1.22 bits per heavy atom. The molecule has 0 amide bonds. The maximum Gasteiger partial charge on any atom is 0.0643 e. The molecule has 0 aliphatic carbocycles. The van der Waals surface area contributed by atoms with Crippen molar-refractivity contribution >= 4 is 39.2 Å². The molecule has 4 radical (unpaired) electrons. The molecule has 0 aromatic rings. The quantitative estimate of drug-likeness (QED) is 0.393. The summed E-state index contributed by atoms with van der Waals surface area (Å²) >= 11 is 0. The molecule has 0 fully saturated rings. The van der Waals surface area contributed by atoms with Crippen LogP contribution in [0.5, 0.6) is 0 Å². The first-order valence-electron chi connectivity index (χ1n) is 1.73. The Labute approximate surface area is 71.3 Å². The maximum atomic E-state index is 9.41. The van der Waals surface area contributed by atoms with Gasteiger partial charge >= 0.3 is 0 Å². The Morgan fingerprint density at radius 1 is 1.00 bits per heavy atom. The number of rotatable bonds is 2. The number of carboxylic acid groups (broad SMARTS) is 2. The van der Waals surface area contributed by atoms with Crippen LogP contribution in [0.1, 0.15) is 0 Å². The molecule has 0 aliphatic rings. The van der Waals surface area contributed by atoms with Gasteiger partial charge < -0.3 is 19.8 Å². The molecule has 5 heteroatoms. The van der Waals surface area contributed by atoms with Crippen molar-refractivity contribution in [2.24, 2.45) is 0 Å². The summed E-state index contributed by atoms with van der Waals surface area (Å²) in [7, 11) is 0. The van der Waals surface area contributed by atoms with Gasteiger partial charge in [-0.3, -0.25) is 0 Å². The van der Waals surface area contributed by atoms with Gasteiger partial charge in [0.2, 0.25) is 0 Å². The van der Waals surface area contributed by atoms with Crippen molar-refractivity contribution in [3.8, 4) is 0 Å². The van der Waals surface area contributed by atoms with Gasteiger partial charge in [-0.25, -0.2) is 0 Å². The van der Waals surface area contributed by atoms with Gasteiger partial charge in [-0.15, -0.1) is 0 Å². The molecule has 48 valence electrons. The van der Waals surface area contributed by atoms with Crippen LogP contribution in [-0.2, 0) is 9.59 Å². The minimum absolute atomic E-state index is 0. The van der Waals surface area contributed by atoms with E-state index in [1.54, 1.807) is 0 Å². The summed E-state index contributed by atoms with van der Waals surface area (Å²) in [5, 5.41) is 18.8.